The average molecular weight is 380 g/mol. The Morgan fingerprint density at radius 2 is 2.11 bits per heavy atom. The summed E-state index contributed by atoms with van der Waals surface area (Å²) in [6.07, 6.45) is 12.6. The minimum Gasteiger partial charge on any atom is -0.508 e. The summed E-state index contributed by atoms with van der Waals surface area (Å²) in [6, 6.07) is 1.81. The first kappa shape index (κ1) is 21.0. The number of aliphatic hydroxyl groups is 1. The first-order valence-corrected chi connectivity index (χ1v) is 9.43. The maximum Gasteiger partial charge on any atom is 0.223 e. The normalized spacial score (nSPS) is 20.9. The molecule has 0 fully saturated rings. The zero-order valence-electron chi connectivity index (χ0n) is 16.9. The predicted molar refractivity (Wildman–Crippen MR) is 116 cm³/mol. The Bertz CT molecular complexity index is 877. The van der Waals surface area contributed by atoms with Crippen molar-refractivity contribution in [1.82, 2.24) is 15.3 Å². The highest BCUT2D eigenvalue weighted by Crippen LogP contribution is 2.27. The molecule has 2 unspecified atom stereocenters. The van der Waals surface area contributed by atoms with Crippen LogP contribution in [0.25, 0.3) is 5.57 Å². The summed E-state index contributed by atoms with van der Waals surface area (Å²) < 4.78 is 0. The molecule has 0 radical (unpaired) electrons. The first-order valence-electron chi connectivity index (χ1n) is 9.43. The van der Waals surface area contributed by atoms with E-state index in [0.717, 1.165) is 16.7 Å². The van der Waals surface area contributed by atoms with Gasteiger partial charge in [0, 0.05) is 35.7 Å². The summed E-state index contributed by atoms with van der Waals surface area (Å²) in [5, 5.41) is 16.1. The molecule has 6 heteroatoms. The van der Waals surface area contributed by atoms with Gasteiger partial charge in [-0.2, -0.15) is 0 Å². The lowest BCUT2D eigenvalue weighted by atomic mass is 9.89. The molecule has 6 nitrogen and oxygen atoms in total. The summed E-state index contributed by atoms with van der Waals surface area (Å²) in [5.74, 6) is 0.961. The third-order valence-corrected chi connectivity index (χ3v) is 4.68. The van der Waals surface area contributed by atoms with Gasteiger partial charge in [0.05, 0.1) is 17.4 Å². The van der Waals surface area contributed by atoms with Crippen molar-refractivity contribution < 1.29 is 5.11 Å². The van der Waals surface area contributed by atoms with Gasteiger partial charge >= 0.3 is 0 Å². The van der Waals surface area contributed by atoms with E-state index in [2.05, 4.69) is 34.1 Å². The molecule has 2 heterocycles. The highest BCUT2D eigenvalue weighted by Gasteiger charge is 2.23. The number of nitrogens with zero attached hydrogens (tertiary/aromatic N) is 2. The van der Waals surface area contributed by atoms with Crippen molar-refractivity contribution in [2.24, 2.45) is 11.7 Å². The molecule has 0 saturated heterocycles. The number of aliphatic hydroxyl groups excluding tert-OH is 1. The van der Waals surface area contributed by atoms with E-state index < -0.39 is 0 Å². The summed E-state index contributed by atoms with van der Waals surface area (Å²) in [7, 11) is 0. The number of anilines is 1. The Morgan fingerprint density at radius 3 is 2.86 bits per heavy atom. The highest BCUT2D eigenvalue weighted by atomic mass is 16.3. The van der Waals surface area contributed by atoms with E-state index in [-0.39, 0.29) is 12.0 Å². The number of hydrogen-bond acceptors (Lipinski definition) is 6. The first-order chi connectivity index (χ1) is 13.5. The third kappa shape index (κ3) is 4.71. The second-order valence-electron chi connectivity index (χ2n) is 6.34. The lowest BCUT2D eigenvalue weighted by molar-refractivity contribution is 0.405. The van der Waals surface area contributed by atoms with Gasteiger partial charge in [0.2, 0.25) is 5.95 Å². The minimum absolute atomic E-state index is 0.00334. The van der Waals surface area contributed by atoms with Crippen molar-refractivity contribution in [3.8, 4) is 0 Å². The van der Waals surface area contributed by atoms with Gasteiger partial charge in [-0.1, -0.05) is 39.5 Å². The van der Waals surface area contributed by atoms with Crippen LogP contribution in [-0.2, 0) is 0 Å². The average Bonchev–Trinajstić information content (AvgIpc) is 2.94. The SMILES string of the molecule is C=C(C1=CC=CNC=C1N)c1ccnc(NC2C=CC(O)=C(C)C2C)n1.CC. The van der Waals surface area contributed by atoms with Gasteiger partial charge in [-0.25, -0.2) is 9.97 Å². The second kappa shape index (κ2) is 9.60. The molecule has 2 aliphatic rings. The maximum atomic E-state index is 9.83. The molecule has 2 atom stereocenters. The van der Waals surface area contributed by atoms with E-state index in [9.17, 15) is 5.11 Å². The Balaban J connectivity index is 0.00000136. The molecule has 0 spiro atoms. The van der Waals surface area contributed by atoms with Crippen LogP contribution in [0.15, 0.2) is 78.1 Å². The smallest absolute Gasteiger partial charge is 0.223 e. The summed E-state index contributed by atoms with van der Waals surface area (Å²) in [5.41, 5.74) is 9.84. The Labute approximate surface area is 167 Å². The summed E-state index contributed by atoms with van der Waals surface area (Å²) in [6.45, 7) is 12.1. The lowest BCUT2D eigenvalue weighted by Gasteiger charge is -2.26. The molecular weight excluding hydrogens is 350 g/mol. The van der Waals surface area contributed by atoms with E-state index in [0.29, 0.717) is 23.1 Å². The van der Waals surface area contributed by atoms with Crippen LogP contribution in [0.3, 0.4) is 0 Å². The van der Waals surface area contributed by atoms with Crippen LogP contribution >= 0.6 is 0 Å². The van der Waals surface area contributed by atoms with Crippen LogP contribution in [-0.4, -0.2) is 21.1 Å². The number of nitrogens with two attached hydrogens (primary N) is 1. The monoisotopic (exact) mass is 379 g/mol. The lowest BCUT2D eigenvalue weighted by Crippen LogP contribution is -2.29. The number of nitrogens with one attached hydrogen (secondary N) is 2. The molecule has 28 heavy (non-hydrogen) atoms. The van der Waals surface area contributed by atoms with Gasteiger partial charge in [-0.3, -0.25) is 0 Å². The Kier molecular flexibility index (Phi) is 7.21. The molecular formula is C22H29N5O. The Morgan fingerprint density at radius 1 is 1.36 bits per heavy atom. The van der Waals surface area contributed by atoms with Crippen LogP contribution in [0, 0.1) is 5.92 Å². The largest absolute Gasteiger partial charge is 0.508 e. The minimum atomic E-state index is 0.00334. The number of allylic oxidation sites excluding steroid dienone is 4. The standard InChI is InChI=1S/C20H23N5O.C2H6/c1-12-13(2)19(26)7-6-17(12)24-20-23-10-8-18(25-20)14(3)15-5-4-9-22-11-16(15)21;1-2/h4-12,17,22,26H,3,21H2,1-2H3,(H,23,24,25);1-2H3. The van der Waals surface area contributed by atoms with Crippen molar-refractivity contribution in [3.63, 3.8) is 0 Å². The maximum absolute atomic E-state index is 9.83. The molecule has 0 aromatic carbocycles. The van der Waals surface area contributed by atoms with E-state index in [1.54, 1.807) is 30.7 Å². The van der Waals surface area contributed by atoms with E-state index in [1.165, 1.54) is 0 Å². The fourth-order valence-electron chi connectivity index (χ4n) is 2.84. The van der Waals surface area contributed by atoms with E-state index in [1.807, 2.05) is 39.0 Å². The molecule has 1 aliphatic heterocycles. The molecule has 1 aromatic rings. The molecule has 1 aliphatic carbocycles. The summed E-state index contributed by atoms with van der Waals surface area (Å²) >= 11 is 0. The van der Waals surface area contributed by atoms with Crippen molar-refractivity contribution in [2.45, 2.75) is 33.7 Å². The fourth-order valence-corrected chi connectivity index (χ4v) is 2.84. The molecule has 0 saturated carbocycles. The zero-order valence-corrected chi connectivity index (χ0v) is 16.9. The van der Waals surface area contributed by atoms with Gasteiger partial charge in [0.1, 0.15) is 5.76 Å². The number of hydrogen-bond donors (Lipinski definition) is 4. The van der Waals surface area contributed by atoms with Crippen LogP contribution in [0.4, 0.5) is 5.95 Å². The van der Waals surface area contributed by atoms with Crippen LogP contribution in [0.2, 0.25) is 0 Å². The van der Waals surface area contributed by atoms with Gasteiger partial charge in [0.25, 0.3) is 0 Å². The zero-order chi connectivity index (χ0) is 20.7. The molecule has 0 amide bonds. The second-order valence-corrected chi connectivity index (χ2v) is 6.34. The van der Waals surface area contributed by atoms with E-state index in [4.69, 9.17) is 5.73 Å². The van der Waals surface area contributed by atoms with Crippen molar-refractivity contribution in [3.05, 3.63) is 83.8 Å². The van der Waals surface area contributed by atoms with Gasteiger partial charge in [-0.05, 0) is 30.7 Å². The quantitative estimate of drug-likeness (QED) is 0.627. The van der Waals surface area contributed by atoms with Crippen LogP contribution in [0.1, 0.15) is 33.4 Å². The predicted octanol–water partition coefficient (Wildman–Crippen LogP) is 4.18. The van der Waals surface area contributed by atoms with Gasteiger partial charge in [0.15, 0.2) is 0 Å². The van der Waals surface area contributed by atoms with E-state index >= 15 is 0 Å². The fraction of sp³-hybridized carbons (Fsp3) is 0.273. The molecule has 3 rings (SSSR count). The van der Waals surface area contributed by atoms with Crippen molar-refractivity contribution in [2.75, 3.05) is 5.32 Å². The highest BCUT2D eigenvalue weighted by molar-refractivity contribution is 5.80. The topological polar surface area (TPSA) is 96.1 Å². The number of aromatic nitrogens is 2. The summed E-state index contributed by atoms with van der Waals surface area (Å²) in [4.78, 5) is 8.89. The molecule has 148 valence electrons. The molecule has 1 aromatic heterocycles. The van der Waals surface area contributed by atoms with Crippen LogP contribution < -0.4 is 16.4 Å². The number of rotatable bonds is 4. The van der Waals surface area contributed by atoms with Crippen molar-refractivity contribution in [1.29, 1.82) is 0 Å². The third-order valence-electron chi connectivity index (χ3n) is 4.68. The van der Waals surface area contributed by atoms with Gasteiger partial charge in [-0.15, -0.1) is 0 Å². The molecule has 5 N–H and O–H groups in total. The van der Waals surface area contributed by atoms with Crippen molar-refractivity contribution >= 4 is 11.5 Å². The van der Waals surface area contributed by atoms with Gasteiger partial charge < -0.3 is 21.5 Å². The van der Waals surface area contributed by atoms with Crippen LogP contribution in [0.5, 0.6) is 0 Å². The Hall–Kier alpha value is -3.28. The molecule has 0 bridgehead atoms.